The van der Waals surface area contributed by atoms with Crippen LogP contribution in [0.2, 0.25) is 0 Å². The van der Waals surface area contributed by atoms with Crippen molar-refractivity contribution in [1.29, 1.82) is 0 Å². The Bertz CT molecular complexity index is 186. The van der Waals surface area contributed by atoms with Gasteiger partial charge in [0.25, 0.3) is 5.92 Å². The Kier molecular flexibility index (Phi) is 5.60. The van der Waals surface area contributed by atoms with Crippen LogP contribution in [-0.4, -0.2) is 31.0 Å². The summed E-state index contributed by atoms with van der Waals surface area (Å²) in [6, 6.07) is -0.439. The fourth-order valence-corrected chi connectivity index (χ4v) is 1.32. The van der Waals surface area contributed by atoms with E-state index in [1.54, 1.807) is 0 Å². The molecule has 3 nitrogen and oxygen atoms in total. The zero-order chi connectivity index (χ0) is 11.2. The van der Waals surface area contributed by atoms with Crippen molar-refractivity contribution in [2.45, 2.75) is 39.2 Å². The summed E-state index contributed by atoms with van der Waals surface area (Å²) in [6.45, 7) is 5.46. The molecule has 14 heavy (non-hydrogen) atoms. The van der Waals surface area contributed by atoms with Crippen molar-refractivity contribution >= 4 is 5.91 Å². The van der Waals surface area contributed by atoms with E-state index < -0.39 is 12.0 Å². The molecule has 84 valence electrons. The minimum atomic E-state index is -2.69. The molecule has 1 rings (SSSR count). The van der Waals surface area contributed by atoms with E-state index in [1.165, 1.54) is 6.92 Å². The molecule has 0 spiro atoms. The van der Waals surface area contributed by atoms with Gasteiger partial charge in [-0.3, -0.25) is 4.79 Å². The van der Waals surface area contributed by atoms with Gasteiger partial charge in [-0.1, -0.05) is 13.8 Å². The van der Waals surface area contributed by atoms with E-state index in [-0.39, 0.29) is 18.9 Å². The van der Waals surface area contributed by atoms with Gasteiger partial charge in [0, 0.05) is 25.9 Å². The third kappa shape index (κ3) is 5.11. The molecule has 0 radical (unpaired) electrons. The molecule has 1 aliphatic heterocycles. The number of carbonyl (C=O) groups excluding carboxylic acids is 1. The van der Waals surface area contributed by atoms with Crippen LogP contribution < -0.4 is 10.6 Å². The molecule has 0 aromatic rings. The SMILES string of the molecule is CC.CC(=O)NC1CNCC(F)(F)C1. The summed E-state index contributed by atoms with van der Waals surface area (Å²) < 4.78 is 25.4. The molecule has 1 aliphatic rings. The van der Waals surface area contributed by atoms with Gasteiger partial charge in [-0.05, 0) is 0 Å². The lowest BCUT2D eigenvalue weighted by atomic mass is 10.0. The van der Waals surface area contributed by atoms with Gasteiger partial charge < -0.3 is 10.6 Å². The van der Waals surface area contributed by atoms with Crippen molar-refractivity contribution < 1.29 is 13.6 Å². The summed E-state index contributed by atoms with van der Waals surface area (Å²) in [5.41, 5.74) is 0. The normalized spacial score (nSPS) is 24.5. The maximum atomic E-state index is 12.7. The quantitative estimate of drug-likeness (QED) is 0.678. The van der Waals surface area contributed by atoms with E-state index in [9.17, 15) is 13.6 Å². The number of alkyl halides is 2. The van der Waals surface area contributed by atoms with Gasteiger partial charge in [0.15, 0.2) is 0 Å². The third-order valence-electron chi connectivity index (χ3n) is 1.73. The first-order chi connectivity index (χ1) is 6.49. The fourth-order valence-electron chi connectivity index (χ4n) is 1.32. The molecule has 1 amide bonds. The molecule has 1 atom stereocenters. The number of halogens is 2. The standard InChI is InChI=1S/C7H12F2N2O.C2H6/c1-5(12)11-6-2-7(8,9)4-10-3-6;1-2/h6,10H,2-4H2,1H3,(H,11,12);1-2H3. The van der Waals surface area contributed by atoms with Crippen molar-refractivity contribution in [3.63, 3.8) is 0 Å². The van der Waals surface area contributed by atoms with Crippen LogP contribution in [-0.2, 0) is 4.79 Å². The Morgan fingerprint density at radius 3 is 2.50 bits per heavy atom. The van der Waals surface area contributed by atoms with Crippen LogP contribution in [0.15, 0.2) is 0 Å². The van der Waals surface area contributed by atoms with Crippen LogP contribution in [0.5, 0.6) is 0 Å². The highest BCUT2D eigenvalue weighted by Gasteiger charge is 2.36. The van der Waals surface area contributed by atoms with Gasteiger partial charge in [0.2, 0.25) is 5.91 Å². The molecule has 1 heterocycles. The number of nitrogens with one attached hydrogen (secondary N) is 2. The Morgan fingerprint density at radius 2 is 2.07 bits per heavy atom. The van der Waals surface area contributed by atoms with Crippen molar-refractivity contribution in [2.24, 2.45) is 0 Å². The van der Waals surface area contributed by atoms with Gasteiger partial charge in [0.1, 0.15) is 0 Å². The zero-order valence-electron chi connectivity index (χ0n) is 8.86. The Morgan fingerprint density at radius 1 is 1.50 bits per heavy atom. The average Bonchev–Trinajstić information content (AvgIpc) is 2.04. The zero-order valence-corrected chi connectivity index (χ0v) is 8.86. The summed E-state index contributed by atoms with van der Waals surface area (Å²) in [4.78, 5) is 10.5. The largest absolute Gasteiger partial charge is 0.352 e. The van der Waals surface area contributed by atoms with Crippen LogP contribution in [0.3, 0.4) is 0 Å². The number of rotatable bonds is 1. The van der Waals surface area contributed by atoms with E-state index in [2.05, 4.69) is 10.6 Å². The number of hydrogen-bond acceptors (Lipinski definition) is 2. The van der Waals surface area contributed by atoms with Crippen LogP contribution in [0.25, 0.3) is 0 Å². The smallest absolute Gasteiger partial charge is 0.262 e. The third-order valence-corrected chi connectivity index (χ3v) is 1.73. The molecular weight excluding hydrogens is 190 g/mol. The first-order valence-corrected chi connectivity index (χ1v) is 4.85. The molecule has 0 aliphatic carbocycles. The van der Waals surface area contributed by atoms with Gasteiger partial charge in [0.05, 0.1) is 6.54 Å². The Hall–Kier alpha value is -0.710. The lowest BCUT2D eigenvalue weighted by molar-refractivity contribution is -0.120. The van der Waals surface area contributed by atoms with Crippen LogP contribution in [0.4, 0.5) is 8.78 Å². The highest BCUT2D eigenvalue weighted by Crippen LogP contribution is 2.22. The minimum absolute atomic E-state index is 0.264. The highest BCUT2D eigenvalue weighted by atomic mass is 19.3. The van der Waals surface area contributed by atoms with E-state index in [0.717, 1.165) is 0 Å². The predicted molar refractivity (Wildman–Crippen MR) is 51.4 cm³/mol. The van der Waals surface area contributed by atoms with Crippen LogP contribution in [0.1, 0.15) is 27.2 Å². The molecule has 0 bridgehead atoms. The summed E-state index contributed by atoms with van der Waals surface area (Å²) in [5.74, 6) is -2.95. The number of carbonyl (C=O) groups is 1. The molecule has 0 aromatic heterocycles. The van der Waals surface area contributed by atoms with E-state index in [1.807, 2.05) is 13.8 Å². The fraction of sp³-hybridized carbons (Fsp3) is 0.889. The predicted octanol–water partition coefficient (Wildman–Crippen LogP) is 1.15. The molecule has 1 unspecified atom stereocenters. The second-order valence-electron chi connectivity index (χ2n) is 3.09. The first-order valence-electron chi connectivity index (χ1n) is 4.85. The van der Waals surface area contributed by atoms with Crippen molar-refractivity contribution in [1.82, 2.24) is 10.6 Å². The second-order valence-corrected chi connectivity index (χ2v) is 3.09. The summed E-state index contributed by atoms with van der Waals surface area (Å²) in [7, 11) is 0. The topological polar surface area (TPSA) is 41.1 Å². The Balaban J connectivity index is 0.000000791. The van der Waals surface area contributed by atoms with Gasteiger partial charge in [-0.15, -0.1) is 0 Å². The van der Waals surface area contributed by atoms with Crippen molar-refractivity contribution in [3.05, 3.63) is 0 Å². The minimum Gasteiger partial charge on any atom is -0.352 e. The molecule has 2 N–H and O–H groups in total. The lowest BCUT2D eigenvalue weighted by Gasteiger charge is -2.29. The number of piperidine rings is 1. The first kappa shape index (κ1) is 13.3. The monoisotopic (exact) mass is 208 g/mol. The maximum absolute atomic E-state index is 12.7. The lowest BCUT2D eigenvalue weighted by Crippen LogP contribution is -2.53. The summed E-state index contributed by atoms with van der Waals surface area (Å²) in [6.07, 6.45) is -0.264. The van der Waals surface area contributed by atoms with E-state index in [0.29, 0.717) is 6.54 Å². The van der Waals surface area contributed by atoms with E-state index >= 15 is 0 Å². The maximum Gasteiger partial charge on any atom is 0.262 e. The van der Waals surface area contributed by atoms with Gasteiger partial charge >= 0.3 is 0 Å². The number of amides is 1. The second kappa shape index (κ2) is 5.90. The van der Waals surface area contributed by atoms with Gasteiger partial charge in [-0.25, -0.2) is 8.78 Å². The van der Waals surface area contributed by atoms with Crippen LogP contribution in [0, 0.1) is 0 Å². The summed E-state index contributed by atoms with van der Waals surface area (Å²) in [5, 5.41) is 5.02. The van der Waals surface area contributed by atoms with Crippen molar-refractivity contribution in [2.75, 3.05) is 13.1 Å². The van der Waals surface area contributed by atoms with E-state index in [4.69, 9.17) is 0 Å². The Labute approximate surface area is 83.3 Å². The highest BCUT2D eigenvalue weighted by molar-refractivity contribution is 5.73. The molecule has 0 aromatic carbocycles. The molecule has 0 saturated carbocycles. The molecular formula is C9H18F2N2O. The van der Waals surface area contributed by atoms with Gasteiger partial charge in [-0.2, -0.15) is 0 Å². The van der Waals surface area contributed by atoms with Crippen molar-refractivity contribution in [3.8, 4) is 0 Å². The number of hydrogen-bond donors (Lipinski definition) is 2. The molecule has 5 heteroatoms. The molecule has 1 saturated heterocycles. The molecule has 1 fully saturated rings. The van der Waals surface area contributed by atoms with Crippen LogP contribution >= 0.6 is 0 Å². The average molecular weight is 208 g/mol. The summed E-state index contributed by atoms with van der Waals surface area (Å²) >= 11 is 0.